The van der Waals surface area contributed by atoms with E-state index in [1.54, 1.807) is 11.3 Å². The van der Waals surface area contributed by atoms with E-state index in [1.807, 2.05) is 13.8 Å². The molecule has 20 heavy (non-hydrogen) atoms. The molecule has 0 aliphatic carbocycles. The van der Waals surface area contributed by atoms with Crippen LogP contribution in [0.4, 0.5) is 0 Å². The Kier molecular flexibility index (Phi) is 6.49. The third-order valence-electron chi connectivity index (χ3n) is 3.66. The Morgan fingerprint density at radius 2 is 2.20 bits per heavy atom. The molecule has 0 saturated heterocycles. The van der Waals surface area contributed by atoms with Gasteiger partial charge in [0, 0.05) is 16.3 Å². The second-order valence-corrected chi connectivity index (χ2v) is 7.14. The second-order valence-electron chi connectivity index (χ2n) is 6.16. The van der Waals surface area contributed by atoms with Crippen molar-refractivity contribution in [1.82, 2.24) is 5.32 Å². The van der Waals surface area contributed by atoms with E-state index in [1.165, 1.54) is 4.88 Å². The summed E-state index contributed by atoms with van der Waals surface area (Å²) in [6.07, 6.45) is 1.89. The lowest BCUT2D eigenvalue weighted by atomic mass is 9.86. The highest BCUT2D eigenvalue weighted by atomic mass is 32.1. The summed E-state index contributed by atoms with van der Waals surface area (Å²) in [6, 6.07) is 4.68. The summed E-state index contributed by atoms with van der Waals surface area (Å²) in [7, 11) is 0. The van der Waals surface area contributed by atoms with Crippen LogP contribution < -0.4 is 11.1 Å². The second kappa shape index (κ2) is 7.64. The molecule has 0 amide bonds. The number of rotatable bonds is 8. The van der Waals surface area contributed by atoms with E-state index in [0.29, 0.717) is 17.8 Å². The summed E-state index contributed by atoms with van der Waals surface area (Å²) in [4.78, 5) is 1.38. The lowest BCUT2D eigenvalue weighted by Crippen LogP contribution is -2.33. The lowest BCUT2D eigenvalue weighted by molar-refractivity contribution is 0.303. The van der Waals surface area contributed by atoms with Crippen LogP contribution in [0.5, 0.6) is 0 Å². The number of amidine groups is 1. The van der Waals surface area contributed by atoms with Crippen LogP contribution in [0.3, 0.4) is 0 Å². The SMILES string of the molecule is CC(C)C(NCCCC(C)(C)C(N)=NO)c1cccs1. The Bertz CT molecular complexity index is 413. The molecule has 1 rings (SSSR count). The first-order valence-corrected chi connectivity index (χ1v) is 8.01. The van der Waals surface area contributed by atoms with Gasteiger partial charge in [0.2, 0.25) is 0 Å². The third kappa shape index (κ3) is 4.80. The van der Waals surface area contributed by atoms with E-state index in [0.717, 1.165) is 19.4 Å². The maximum Gasteiger partial charge on any atom is 0.144 e. The van der Waals surface area contributed by atoms with Gasteiger partial charge in [0.1, 0.15) is 5.84 Å². The molecular weight excluding hydrogens is 270 g/mol. The van der Waals surface area contributed by atoms with Crippen molar-refractivity contribution in [2.24, 2.45) is 22.2 Å². The van der Waals surface area contributed by atoms with Crippen LogP contribution in [0.2, 0.25) is 0 Å². The van der Waals surface area contributed by atoms with Crippen LogP contribution in [-0.4, -0.2) is 17.6 Å². The molecule has 4 N–H and O–H groups in total. The average Bonchev–Trinajstić information content (AvgIpc) is 2.90. The predicted molar refractivity (Wildman–Crippen MR) is 86.3 cm³/mol. The average molecular weight is 297 g/mol. The van der Waals surface area contributed by atoms with Gasteiger partial charge >= 0.3 is 0 Å². The molecule has 0 fully saturated rings. The van der Waals surface area contributed by atoms with Crippen LogP contribution in [0.1, 0.15) is 51.5 Å². The minimum Gasteiger partial charge on any atom is -0.409 e. The maximum atomic E-state index is 8.76. The van der Waals surface area contributed by atoms with Gasteiger partial charge in [-0.3, -0.25) is 0 Å². The van der Waals surface area contributed by atoms with Gasteiger partial charge in [-0.05, 0) is 36.8 Å². The first kappa shape index (κ1) is 17.0. The number of nitrogens with one attached hydrogen (secondary N) is 1. The molecule has 1 aromatic rings. The van der Waals surface area contributed by atoms with Crippen LogP contribution in [0.25, 0.3) is 0 Å². The van der Waals surface area contributed by atoms with Gasteiger partial charge in [-0.1, -0.05) is 38.9 Å². The first-order valence-electron chi connectivity index (χ1n) is 7.13. The van der Waals surface area contributed by atoms with E-state index in [-0.39, 0.29) is 5.41 Å². The van der Waals surface area contributed by atoms with Gasteiger partial charge in [-0.15, -0.1) is 11.3 Å². The van der Waals surface area contributed by atoms with Crippen molar-refractivity contribution in [2.45, 2.75) is 46.6 Å². The Hall–Kier alpha value is -1.07. The Labute approximate surface area is 126 Å². The van der Waals surface area contributed by atoms with Crippen molar-refractivity contribution in [3.8, 4) is 0 Å². The quantitative estimate of drug-likeness (QED) is 0.226. The van der Waals surface area contributed by atoms with Gasteiger partial charge in [-0.2, -0.15) is 0 Å². The number of nitrogens with two attached hydrogens (primary N) is 1. The Morgan fingerprint density at radius 1 is 1.50 bits per heavy atom. The number of oxime groups is 1. The number of hydrogen-bond acceptors (Lipinski definition) is 4. The van der Waals surface area contributed by atoms with E-state index in [9.17, 15) is 0 Å². The summed E-state index contributed by atoms with van der Waals surface area (Å²) >= 11 is 1.80. The number of hydrogen-bond donors (Lipinski definition) is 3. The minimum absolute atomic E-state index is 0.257. The zero-order chi connectivity index (χ0) is 15.2. The topological polar surface area (TPSA) is 70.6 Å². The zero-order valence-corrected chi connectivity index (χ0v) is 13.7. The van der Waals surface area contributed by atoms with Crippen molar-refractivity contribution >= 4 is 17.2 Å². The van der Waals surface area contributed by atoms with E-state index in [2.05, 4.69) is 41.8 Å². The van der Waals surface area contributed by atoms with Gasteiger partial charge < -0.3 is 16.3 Å². The lowest BCUT2D eigenvalue weighted by Gasteiger charge is -2.25. The van der Waals surface area contributed by atoms with Crippen molar-refractivity contribution in [1.29, 1.82) is 0 Å². The molecule has 0 saturated carbocycles. The molecule has 1 atom stereocenters. The monoisotopic (exact) mass is 297 g/mol. The number of thiophene rings is 1. The molecule has 1 unspecified atom stereocenters. The molecule has 4 nitrogen and oxygen atoms in total. The molecule has 0 spiro atoms. The van der Waals surface area contributed by atoms with E-state index >= 15 is 0 Å². The normalized spacial score (nSPS) is 14.8. The summed E-state index contributed by atoms with van der Waals surface area (Å²) in [6.45, 7) is 9.40. The standard InChI is InChI=1S/C15H27N3OS/c1-11(2)13(12-7-5-10-20-12)17-9-6-8-15(3,4)14(16)18-19/h5,7,10-11,13,17,19H,6,8-9H2,1-4H3,(H2,16,18). The smallest absolute Gasteiger partial charge is 0.144 e. The molecule has 1 aromatic heterocycles. The van der Waals surface area contributed by atoms with Gasteiger partial charge in [0.15, 0.2) is 0 Å². The zero-order valence-electron chi connectivity index (χ0n) is 12.9. The third-order valence-corrected chi connectivity index (χ3v) is 4.62. The van der Waals surface area contributed by atoms with Gasteiger partial charge in [0.25, 0.3) is 0 Å². The molecule has 114 valence electrons. The van der Waals surface area contributed by atoms with E-state index < -0.39 is 0 Å². The minimum atomic E-state index is -0.257. The Balaban J connectivity index is 2.43. The fraction of sp³-hybridized carbons (Fsp3) is 0.667. The highest BCUT2D eigenvalue weighted by molar-refractivity contribution is 7.10. The Morgan fingerprint density at radius 3 is 2.70 bits per heavy atom. The predicted octanol–water partition coefficient (Wildman–Crippen LogP) is 3.59. The van der Waals surface area contributed by atoms with Crippen LogP contribution in [-0.2, 0) is 0 Å². The van der Waals surface area contributed by atoms with Gasteiger partial charge in [-0.25, -0.2) is 0 Å². The van der Waals surface area contributed by atoms with Crippen LogP contribution in [0.15, 0.2) is 22.7 Å². The molecule has 0 aliphatic heterocycles. The molecule has 0 aromatic carbocycles. The first-order chi connectivity index (χ1) is 9.38. The van der Waals surface area contributed by atoms with Crippen molar-refractivity contribution in [2.75, 3.05) is 6.54 Å². The highest BCUT2D eigenvalue weighted by Gasteiger charge is 2.23. The molecule has 1 heterocycles. The van der Waals surface area contributed by atoms with Crippen molar-refractivity contribution < 1.29 is 5.21 Å². The summed E-state index contributed by atoms with van der Waals surface area (Å²) in [5.41, 5.74) is 5.44. The largest absolute Gasteiger partial charge is 0.409 e. The molecule has 0 aliphatic rings. The molecular formula is C15H27N3OS. The van der Waals surface area contributed by atoms with Crippen LogP contribution >= 0.6 is 11.3 Å². The molecule has 0 radical (unpaired) electrons. The van der Waals surface area contributed by atoms with Gasteiger partial charge in [0.05, 0.1) is 0 Å². The summed E-state index contributed by atoms with van der Waals surface area (Å²) in [5, 5.41) is 17.6. The summed E-state index contributed by atoms with van der Waals surface area (Å²) in [5.74, 6) is 0.863. The highest BCUT2D eigenvalue weighted by Crippen LogP contribution is 2.26. The van der Waals surface area contributed by atoms with E-state index in [4.69, 9.17) is 10.9 Å². The summed E-state index contributed by atoms with van der Waals surface area (Å²) < 4.78 is 0. The fourth-order valence-electron chi connectivity index (χ4n) is 2.18. The number of nitrogens with zero attached hydrogens (tertiary/aromatic N) is 1. The maximum absolute atomic E-state index is 8.76. The van der Waals surface area contributed by atoms with Crippen molar-refractivity contribution in [3.05, 3.63) is 22.4 Å². The van der Waals surface area contributed by atoms with Crippen LogP contribution in [0, 0.1) is 11.3 Å². The fourth-order valence-corrected chi connectivity index (χ4v) is 3.16. The molecule has 5 heteroatoms. The molecule has 0 bridgehead atoms. The van der Waals surface area contributed by atoms with Crippen molar-refractivity contribution in [3.63, 3.8) is 0 Å².